The highest BCUT2D eigenvalue weighted by Gasteiger charge is 2.46. The van der Waals surface area contributed by atoms with E-state index in [4.69, 9.17) is 9.72 Å². The summed E-state index contributed by atoms with van der Waals surface area (Å²) < 4.78 is 8.10. The van der Waals surface area contributed by atoms with Crippen molar-refractivity contribution in [3.8, 4) is 5.75 Å². The van der Waals surface area contributed by atoms with E-state index in [0.717, 1.165) is 106 Å². The first-order chi connectivity index (χ1) is 28.2. The van der Waals surface area contributed by atoms with Crippen LogP contribution in [-0.2, 0) is 9.59 Å². The number of imide groups is 2. The zero-order valence-corrected chi connectivity index (χ0v) is 33.1. The molecule has 2 saturated heterocycles. The first-order valence-corrected chi connectivity index (χ1v) is 20.4. The molecule has 4 aliphatic rings. The van der Waals surface area contributed by atoms with E-state index in [1.807, 2.05) is 18.3 Å². The number of ether oxygens (including phenoxy) is 1. The Hall–Kier alpha value is -5.90. The third-order valence-electron chi connectivity index (χ3n) is 11.7. The van der Waals surface area contributed by atoms with E-state index < -0.39 is 29.7 Å². The number of hydrogen-bond donors (Lipinski definition) is 2. The standard InChI is InChI=1S/C42H50N10O6/c1-48(2)40(56)32-24-27-25-44-42(47-37(27)51(32)28-10-5-6-11-28)45-34-16-14-29(26-43-34)50-21-19-49(20-22-50)18-7-3-4-8-23-58-33-13-9-12-30-36(33)41(57)52(39(30)55)31-15-17-35(53)46-38(31)54/h9,12-14,16,24-26,28,31H,3-8,10-11,15,17-23H2,1-2H3,(H,46,53,54)(H,43,44,45,47). The number of rotatable bonds is 14. The average molecular weight is 791 g/mol. The molecule has 1 unspecified atom stereocenters. The Kier molecular flexibility index (Phi) is 11.4. The molecule has 6 heterocycles. The lowest BCUT2D eigenvalue weighted by atomic mass is 10.0. The monoisotopic (exact) mass is 790 g/mol. The quantitative estimate of drug-likeness (QED) is 0.135. The lowest BCUT2D eigenvalue weighted by Crippen LogP contribution is -2.54. The van der Waals surface area contributed by atoms with Crippen molar-refractivity contribution in [2.75, 3.05) is 63.6 Å². The third-order valence-corrected chi connectivity index (χ3v) is 11.7. The highest BCUT2D eigenvalue weighted by atomic mass is 16.5. The Labute approximate surface area is 336 Å². The largest absolute Gasteiger partial charge is 0.493 e. The summed E-state index contributed by atoms with van der Waals surface area (Å²) in [6.07, 6.45) is 12.1. The molecule has 304 valence electrons. The van der Waals surface area contributed by atoms with Crippen LogP contribution < -0.4 is 20.3 Å². The highest BCUT2D eigenvalue weighted by Crippen LogP contribution is 2.36. The number of anilines is 3. The number of unbranched alkanes of at least 4 members (excludes halogenated alkanes) is 3. The van der Waals surface area contributed by atoms with E-state index in [1.54, 1.807) is 43.4 Å². The molecule has 3 aliphatic heterocycles. The van der Waals surface area contributed by atoms with Crippen LogP contribution in [0.1, 0.15) is 101 Å². The molecule has 4 aromatic rings. The molecule has 1 atom stereocenters. The molecule has 0 bridgehead atoms. The van der Waals surface area contributed by atoms with Crippen molar-refractivity contribution >= 4 is 58.0 Å². The normalized spacial score (nSPS) is 18.9. The van der Waals surface area contributed by atoms with Gasteiger partial charge in [0.25, 0.3) is 17.7 Å². The van der Waals surface area contributed by atoms with Crippen molar-refractivity contribution < 1.29 is 28.7 Å². The highest BCUT2D eigenvalue weighted by molar-refractivity contribution is 6.24. The maximum absolute atomic E-state index is 13.3. The van der Waals surface area contributed by atoms with Crippen LogP contribution in [0.4, 0.5) is 17.5 Å². The topological polar surface area (TPSA) is 175 Å². The minimum atomic E-state index is -1.00. The van der Waals surface area contributed by atoms with Gasteiger partial charge in [0.1, 0.15) is 29.0 Å². The molecule has 8 rings (SSSR count). The Morgan fingerprint density at radius 2 is 1.71 bits per heavy atom. The number of benzene rings is 1. The number of piperazine rings is 1. The number of aromatic nitrogens is 4. The number of piperidine rings is 1. The molecule has 5 amide bonds. The van der Waals surface area contributed by atoms with E-state index in [0.29, 0.717) is 29.8 Å². The van der Waals surface area contributed by atoms with Crippen molar-refractivity contribution in [1.29, 1.82) is 0 Å². The molecule has 0 radical (unpaired) electrons. The fourth-order valence-corrected chi connectivity index (χ4v) is 8.56. The van der Waals surface area contributed by atoms with Crippen molar-refractivity contribution in [3.63, 3.8) is 0 Å². The summed E-state index contributed by atoms with van der Waals surface area (Å²) in [5.74, 6) is -0.719. The predicted octanol–water partition coefficient (Wildman–Crippen LogP) is 4.55. The van der Waals surface area contributed by atoms with Crippen LogP contribution in [-0.4, -0.2) is 123 Å². The van der Waals surface area contributed by atoms with E-state index in [1.165, 1.54) is 0 Å². The van der Waals surface area contributed by atoms with Crippen molar-refractivity contribution in [1.82, 2.24) is 39.5 Å². The summed E-state index contributed by atoms with van der Waals surface area (Å²) in [4.78, 5) is 84.9. The number of nitrogens with one attached hydrogen (secondary N) is 2. The number of carbonyl (C=O) groups excluding carboxylic acids is 5. The molecule has 2 N–H and O–H groups in total. The lowest BCUT2D eigenvalue weighted by Gasteiger charge is -2.36. The summed E-state index contributed by atoms with van der Waals surface area (Å²) in [6, 6.07) is 10.1. The van der Waals surface area contributed by atoms with Crippen LogP contribution in [0.25, 0.3) is 11.0 Å². The van der Waals surface area contributed by atoms with E-state index in [2.05, 4.69) is 41.0 Å². The second-order valence-electron chi connectivity index (χ2n) is 15.8. The van der Waals surface area contributed by atoms with Crippen molar-refractivity contribution in [2.24, 2.45) is 0 Å². The van der Waals surface area contributed by atoms with Gasteiger partial charge in [0, 0.05) is 64.3 Å². The van der Waals surface area contributed by atoms with Gasteiger partial charge in [-0.1, -0.05) is 31.7 Å². The van der Waals surface area contributed by atoms with E-state index >= 15 is 0 Å². The molecule has 3 fully saturated rings. The molecular weight excluding hydrogens is 741 g/mol. The Morgan fingerprint density at radius 3 is 2.45 bits per heavy atom. The van der Waals surface area contributed by atoms with Gasteiger partial charge in [-0.15, -0.1) is 0 Å². The molecule has 1 aromatic carbocycles. The van der Waals surface area contributed by atoms with Gasteiger partial charge in [-0.2, -0.15) is 4.98 Å². The van der Waals surface area contributed by atoms with Gasteiger partial charge in [0.15, 0.2) is 0 Å². The first-order valence-electron chi connectivity index (χ1n) is 20.4. The summed E-state index contributed by atoms with van der Waals surface area (Å²) in [6.45, 7) is 5.20. The van der Waals surface area contributed by atoms with Crippen LogP contribution >= 0.6 is 0 Å². The molecule has 1 aliphatic carbocycles. The Bertz CT molecular complexity index is 2210. The molecule has 16 heteroatoms. The maximum Gasteiger partial charge on any atom is 0.270 e. The third kappa shape index (κ3) is 7.97. The van der Waals surface area contributed by atoms with Gasteiger partial charge < -0.3 is 24.4 Å². The maximum atomic E-state index is 13.3. The zero-order valence-electron chi connectivity index (χ0n) is 33.1. The van der Waals surface area contributed by atoms with Crippen molar-refractivity contribution in [2.45, 2.75) is 76.3 Å². The minimum Gasteiger partial charge on any atom is -0.493 e. The second kappa shape index (κ2) is 16.9. The molecule has 3 aromatic heterocycles. The SMILES string of the molecule is CN(C)C(=O)c1cc2cnc(Nc3ccc(N4CCN(CCCCCCOc5cccc6c5C(=O)N(C5CCC(=O)NC5=O)C6=O)CC4)cn3)nc2n1C1CCCC1. The van der Waals surface area contributed by atoms with Gasteiger partial charge >= 0.3 is 0 Å². The molecule has 16 nitrogen and oxygen atoms in total. The summed E-state index contributed by atoms with van der Waals surface area (Å²) in [7, 11) is 3.55. The number of carbonyl (C=O) groups is 5. The number of fused-ring (bicyclic) bond motifs is 2. The zero-order chi connectivity index (χ0) is 40.3. The summed E-state index contributed by atoms with van der Waals surface area (Å²) in [5.41, 5.74) is 2.90. The lowest BCUT2D eigenvalue weighted by molar-refractivity contribution is -0.136. The Balaban J connectivity index is 0.762. The number of hydrogen-bond acceptors (Lipinski definition) is 12. The molecule has 58 heavy (non-hydrogen) atoms. The number of nitrogens with zero attached hydrogens (tertiary/aromatic N) is 8. The van der Waals surface area contributed by atoms with Crippen LogP contribution in [0.2, 0.25) is 0 Å². The van der Waals surface area contributed by atoms with Gasteiger partial charge in [-0.25, -0.2) is 9.97 Å². The second-order valence-corrected chi connectivity index (χ2v) is 15.8. The van der Waals surface area contributed by atoms with Crippen LogP contribution in [0.5, 0.6) is 5.75 Å². The predicted molar refractivity (Wildman–Crippen MR) is 216 cm³/mol. The number of pyridine rings is 1. The van der Waals surface area contributed by atoms with E-state index in [-0.39, 0.29) is 35.9 Å². The Morgan fingerprint density at radius 1 is 0.914 bits per heavy atom. The van der Waals surface area contributed by atoms with Gasteiger partial charge in [0.05, 0.1) is 29.6 Å². The minimum absolute atomic E-state index is 0.0329. The van der Waals surface area contributed by atoms with Crippen LogP contribution in [0, 0.1) is 0 Å². The van der Waals surface area contributed by atoms with Crippen molar-refractivity contribution in [3.05, 3.63) is 65.6 Å². The fourth-order valence-electron chi connectivity index (χ4n) is 8.56. The first kappa shape index (κ1) is 38.9. The molecular formula is C42H50N10O6. The fraction of sp³-hybridized carbons (Fsp3) is 0.476. The summed E-state index contributed by atoms with van der Waals surface area (Å²) in [5, 5.41) is 6.34. The van der Waals surface area contributed by atoms with Gasteiger partial charge in [-0.05, 0) is 69.0 Å². The molecule has 0 spiro atoms. The van der Waals surface area contributed by atoms with Gasteiger partial charge in [0.2, 0.25) is 17.8 Å². The van der Waals surface area contributed by atoms with Crippen LogP contribution in [0.3, 0.4) is 0 Å². The summed E-state index contributed by atoms with van der Waals surface area (Å²) >= 11 is 0. The molecule has 1 saturated carbocycles. The number of amides is 5. The average Bonchev–Trinajstić information content (AvgIpc) is 3.95. The van der Waals surface area contributed by atoms with Crippen LogP contribution in [0.15, 0.2) is 48.8 Å². The van der Waals surface area contributed by atoms with Gasteiger partial charge in [-0.3, -0.25) is 39.1 Å². The smallest absolute Gasteiger partial charge is 0.270 e. The van der Waals surface area contributed by atoms with E-state index in [9.17, 15) is 24.0 Å².